The maximum Gasteiger partial charge on any atom is 0.159 e. The van der Waals surface area contributed by atoms with Gasteiger partial charge in [0.2, 0.25) is 0 Å². The molecule has 1 aromatic heterocycles. The lowest BCUT2D eigenvalue weighted by Gasteiger charge is -2.08. The van der Waals surface area contributed by atoms with Gasteiger partial charge in [0.25, 0.3) is 0 Å². The molecule has 0 fully saturated rings. The quantitative estimate of drug-likeness (QED) is 0.712. The molecule has 0 aliphatic carbocycles. The zero-order valence-corrected chi connectivity index (χ0v) is 8.31. The van der Waals surface area contributed by atoms with E-state index in [0.29, 0.717) is 11.5 Å². The van der Waals surface area contributed by atoms with Crippen molar-refractivity contribution in [2.75, 3.05) is 16.8 Å². The van der Waals surface area contributed by atoms with Crippen molar-refractivity contribution in [3.8, 4) is 0 Å². The zero-order chi connectivity index (χ0) is 11.5. The predicted octanol–water partition coefficient (Wildman–Crippen LogP) is 1.52. The Morgan fingerprint density at radius 1 is 1.06 bits per heavy atom. The van der Waals surface area contributed by atoms with Gasteiger partial charge < -0.3 is 16.8 Å². The van der Waals surface area contributed by atoms with E-state index >= 15 is 0 Å². The van der Waals surface area contributed by atoms with Gasteiger partial charge in [0.1, 0.15) is 17.8 Å². The summed E-state index contributed by atoms with van der Waals surface area (Å²) in [5, 5.41) is 2.92. The minimum atomic E-state index is -0.305. The van der Waals surface area contributed by atoms with Gasteiger partial charge in [0, 0.05) is 5.69 Å². The van der Waals surface area contributed by atoms with Crippen LogP contribution in [-0.2, 0) is 0 Å². The van der Waals surface area contributed by atoms with Crippen molar-refractivity contribution in [1.29, 1.82) is 0 Å². The topological polar surface area (TPSA) is 89.8 Å². The number of nitrogens with zero attached hydrogens (tertiary/aromatic N) is 2. The van der Waals surface area contributed by atoms with Gasteiger partial charge in [-0.2, -0.15) is 0 Å². The van der Waals surface area contributed by atoms with Crippen LogP contribution in [0.4, 0.5) is 27.4 Å². The molecule has 0 radical (unpaired) electrons. The second kappa shape index (κ2) is 4.01. The van der Waals surface area contributed by atoms with E-state index in [2.05, 4.69) is 15.3 Å². The van der Waals surface area contributed by atoms with Gasteiger partial charge in [-0.05, 0) is 24.3 Å². The molecule has 5 N–H and O–H groups in total. The molecule has 0 spiro atoms. The Bertz CT molecular complexity index is 497. The van der Waals surface area contributed by atoms with E-state index in [-0.39, 0.29) is 17.3 Å². The zero-order valence-electron chi connectivity index (χ0n) is 8.31. The third-order valence-corrected chi connectivity index (χ3v) is 2.02. The smallest absolute Gasteiger partial charge is 0.159 e. The fourth-order valence-corrected chi connectivity index (χ4v) is 1.18. The van der Waals surface area contributed by atoms with Crippen LogP contribution in [-0.4, -0.2) is 9.97 Å². The van der Waals surface area contributed by atoms with Crippen LogP contribution < -0.4 is 16.8 Å². The van der Waals surface area contributed by atoms with Crippen LogP contribution in [0.3, 0.4) is 0 Å². The number of nitrogen functional groups attached to an aromatic ring is 2. The lowest BCUT2D eigenvalue weighted by molar-refractivity contribution is 0.628. The standard InChI is InChI=1S/C10H10FN5/c11-6-1-3-7(4-2-6)16-10-8(12)9(13)14-5-15-10/h1-5H,12H2,(H3,13,14,15,16). The Balaban J connectivity index is 2.27. The van der Waals surface area contributed by atoms with Gasteiger partial charge in [-0.1, -0.05) is 0 Å². The summed E-state index contributed by atoms with van der Waals surface area (Å²) < 4.78 is 12.7. The molecule has 2 aromatic rings. The highest BCUT2D eigenvalue weighted by Gasteiger charge is 2.04. The Hall–Kier alpha value is -2.37. The number of anilines is 4. The van der Waals surface area contributed by atoms with E-state index in [1.165, 1.54) is 18.5 Å². The van der Waals surface area contributed by atoms with E-state index in [0.717, 1.165) is 0 Å². The molecule has 0 bridgehead atoms. The first-order chi connectivity index (χ1) is 7.66. The molecule has 0 saturated heterocycles. The van der Waals surface area contributed by atoms with Crippen molar-refractivity contribution < 1.29 is 4.39 Å². The summed E-state index contributed by atoms with van der Waals surface area (Å²) >= 11 is 0. The van der Waals surface area contributed by atoms with Crippen molar-refractivity contribution in [3.05, 3.63) is 36.4 Å². The van der Waals surface area contributed by atoms with Crippen LogP contribution in [0, 0.1) is 5.82 Å². The van der Waals surface area contributed by atoms with Gasteiger partial charge in [-0.3, -0.25) is 0 Å². The van der Waals surface area contributed by atoms with E-state index in [1.54, 1.807) is 12.1 Å². The van der Waals surface area contributed by atoms with E-state index in [4.69, 9.17) is 11.5 Å². The van der Waals surface area contributed by atoms with Gasteiger partial charge in [-0.25, -0.2) is 14.4 Å². The highest BCUT2D eigenvalue weighted by Crippen LogP contribution is 2.23. The molecule has 0 saturated carbocycles. The summed E-state index contributed by atoms with van der Waals surface area (Å²) in [5.41, 5.74) is 12.1. The average Bonchev–Trinajstić information content (AvgIpc) is 2.28. The van der Waals surface area contributed by atoms with Crippen LogP contribution in [0.15, 0.2) is 30.6 Å². The molecule has 0 amide bonds. The van der Waals surface area contributed by atoms with Crippen molar-refractivity contribution in [2.45, 2.75) is 0 Å². The molecule has 5 nitrogen and oxygen atoms in total. The molecule has 1 heterocycles. The van der Waals surface area contributed by atoms with Crippen molar-refractivity contribution in [1.82, 2.24) is 9.97 Å². The predicted molar refractivity (Wildman–Crippen MR) is 60.5 cm³/mol. The van der Waals surface area contributed by atoms with Gasteiger partial charge >= 0.3 is 0 Å². The molecule has 6 heteroatoms. The van der Waals surface area contributed by atoms with E-state index < -0.39 is 0 Å². The van der Waals surface area contributed by atoms with Crippen molar-refractivity contribution in [3.63, 3.8) is 0 Å². The molecule has 2 rings (SSSR count). The van der Waals surface area contributed by atoms with E-state index in [1.807, 2.05) is 0 Å². The third-order valence-electron chi connectivity index (χ3n) is 2.02. The normalized spacial score (nSPS) is 10.1. The Labute approximate surface area is 91.3 Å². The minimum Gasteiger partial charge on any atom is -0.393 e. The van der Waals surface area contributed by atoms with Crippen LogP contribution in [0.5, 0.6) is 0 Å². The number of nitrogens with one attached hydrogen (secondary N) is 1. The largest absolute Gasteiger partial charge is 0.393 e. The molecule has 1 aromatic carbocycles. The van der Waals surface area contributed by atoms with Gasteiger partial charge in [0.15, 0.2) is 11.6 Å². The fourth-order valence-electron chi connectivity index (χ4n) is 1.18. The summed E-state index contributed by atoms with van der Waals surface area (Å²) in [6.07, 6.45) is 1.30. The molecular weight excluding hydrogens is 209 g/mol. The summed E-state index contributed by atoms with van der Waals surface area (Å²) in [6, 6.07) is 5.83. The van der Waals surface area contributed by atoms with Gasteiger partial charge in [-0.15, -0.1) is 0 Å². The second-order valence-corrected chi connectivity index (χ2v) is 3.15. The summed E-state index contributed by atoms with van der Waals surface area (Å²) in [6.45, 7) is 0. The summed E-state index contributed by atoms with van der Waals surface area (Å²) in [4.78, 5) is 7.67. The monoisotopic (exact) mass is 219 g/mol. The van der Waals surface area contributed by atoms with Gasteiger partial charge in [0.05, 0.1) is 0 Å². The number of benzene rings is 1. The maximum atomic E-state index is 12.7. The number of hydrogen-bond donors (Lipinski definition) is 3. The summed E-state index contributed by atoms with van der Waals surface area (Å²) in [5.74, 6) is 0.305. The number of aromatic nitrogens is 2. The second-order valence-electron chi connectivity index (χ2n) is 3.15. The Morgan fingerprint density at radius 3 is 2.44 bits per heavy atom. The average molecular weight is 219 g/mol. The molecule has 0 atom stereocenters. The third kappa shape index (κ3) is 2.00. The Kier molecular flexibility index (Phi) is 2.55. The lowest BCUT2D eigenvalue weighted by Crippen LogP contribution is -2.04. The highest BCUT2D eigenvalue weighted by molar-refractivity contribution is 5.76. The fraction of sp³-hybridized carbons (Fsp3) is 0. The van der Waals surface area contributed by atoms with Crippen LogP contribution in [0.2, 0.25) is 0 Å². The molecule has 0 aliphatic heterocycles. The maximum absolute atomic E-state index is 12.7. The SMILES string of the molecule is Nc1ncnc(Nc2ccc(F)cc2)c1N. The lowest BCUT2D eigenvalue weighted by atomic mass is 10.3. The molecule has 0 unspecified atom stereocenters. The Morgan fingerprint density at radius 2 is 1.75 bits per heavy atom. The van der Waals surface area contributed by atoms with E-state index in [9.17, 15) is 4.39 Å². The molecule has 16 heavy (non-hydrogen) atoms. The first-order valence-corrected chi connectivity index (χ1v) is 4.55. The van der Waals surface area contributed by atoms with Crippen molar-refractivity contribution >= 4 is 23.0 Å². The number of nitrogens with two attached hydrogens (primary N) is 2. The molecule has 0 aliphatic rings. The molecule has 82 valence electrons. The summed E-state index contributed by atoms with van der Waals surface area (Å²) in [7, 11) is 0. The first-order valence-electron chi connectivity index (χ1n) is 4.55. The highest BCUT2D eigenvalue weighted by atomic mass is 19.1. The number of rotatable bonds is 2. The minimum absolute atomic E-state index is 0.208. The van der Waals surface area contributed by atoms with Crippen LogP contribution in [0.1, 0.15) is 0 Å². The van der Waals surface area contributed by atoms with Crippen LogP contribution >= 0.6 is 0 Å². The molecular formula is C10H10FN5. The van der Waals surface area contributed by atoms with Crippen LogP contribution in [0.25, 0.3) is 0 Å². The number of halogens is 1. The first kappa shape index (κ1) is 10.2. The number of hydrogen-bond acceptors (Lipinski definition) is 5. The van der Waals surface area contributed by atoms with Crippen molar-refractivity contribution in [2.24, 2.45) is 0 Å².